The molecule has 0 radical (unpaired) electrons. The van der Waals surface area contributed by atoms with Gasteiger partial charge in [0.05, 0.1) is 11.5 Å². The Morgan fingerprint density at radius 3 is 2.00 bits per heavy atom. The monoisotopic (exact) mass is 238 g/mol. The van der Waals surface area contributed by atoms with Crippen molar-refractivity contribution in [3.05, 3.63) is 0 Å². The largest absolute Gasteiger partial charge is 0.394 e. The van der Waals surface area contributed by atoms with Crippen LogP contribution in [0.4, 0.5) is 0 Å². The fraction of sp³-hybridized carbons (Fsp3) is 0.750. The minimum absolute atomic E-state index is 0.438. The minimum Gasteiger partial charge on any atom is -0.394 e. The Labute approximate surface area is 91.8 Å². The molecule has 0 aliphatic rings. The highest BCUT2D eigenvalue weighted by Crippen LogP contribution is 2.07. The van der Waals surface area contributed by atoms with Gasteiger partial charge in [0.2, 0.25) is 0 Å². The summed E-state index contributed by atoms with van der Waals surface area (Å²) in [6.45, 7) is 0.324. The van der Waals surface area contributed by atoms with Crippen molar-refractivity contribution >= 4 is 22.9 Å². The van der Waals surface area contributed by atoms with Crippen LogP contribution in [0.15, 0.2) is 0 Å². The Morgan fingerprint density at radius 1 is 1.20 bits per heavy atom. The molecule has 0 fully saturated rings. The van der Waals surface area contributed by atoms with Crippen molar-refractivity contribution < 1.29 is 30.3 Å². The minimum atomic E-state index is -1.82. The second kappa shape index (κ2) is 6.21. The SMILES string of the molecule is CC(=O)C(=S)[C@H](O)[C@@H](O)[C@H](O)[C@H](O)CO. The molecular weight excluding hydrogens is 224 g/mol. The third-order valence-electron chi connectivity index (χ3n) is 1.87. The fourth-order valence-electron chi connectivity index (χ4n) is 0.886. The standard InChI is InChI=1S/C8H14O6S/c1-3(10)8(15)7(14)6(13)5(12)4(11)2-9/h4-7,9,11-14H,2H2,1H3/t4-,5-,6+,7-/m1/s1. The van der Waals surface area contributed by atoms with Crippen LogP contribution in [-0.4, -0.2) is 67.2 Å². The summed E-state index contributed by atoms with van der Waals surface area (Å²) in [4.78, 5) is 10.3. The van der Waals surface area contributed by atoms with E-state index < -0.39 is 41.7 Å². The number of thiocarbonyl (C=S) groups is 1. The summed E-state index contributed by atoms with van der Waals surface area (Å²) in [5, 5.41) is 45.2. The Kier molecular flexibility index (Phi) is 6.03. The van der Waals surface area contributed by atoms with Crippen molar-refractivity contribution in [2.45, 2.75) is 31.3 Å². The highest BCUT2D eigenvalue weighted by atomic mass is 32.1. The number of aliphatic hydroxyl groups excluding tert-OH is 5. The molecule has 0 amide bonds. The third kappa shape index (κ3) is 3.90. The van der Waals surface area contributed by atoms with E-state index in [0.717, 1.165) is 6.92 Å². The van der Waals surface area contributed by atoms with E-state index in [1.807, 2.05) is 0 Å². The Bertz CT molecular complexity index is 243. The zero-order valence-corrected chi connectivity index (χ0v) is 8.89. The van der Waals surface area contributed by atoms with Gasteiger partial charge in [-0.1, -0.05) is 12.2 Å². The van der Waals surface area contributed by atoms with Gasteiger partial charge in [0.1, 0.15) is 24.4 Å². The van der Waals surface area contributed by atoms with E-state index in [1.165, 1.54) is 0 Å². The molecule has 88 valence electrons. The van der Waals surface area contributed by atoms with Gasteiger partial charge in [-0.3, -0.25) is 4.79 Å². The van der Waals surface area contributed by atoms with Gasteiger partial charge in [-0.2, -0.15) is 0 Å². The van der Waals surface area contributed by atoms with Crippen LogP contribution in [0.1, 0.15) is 6.92 Å². The molecule has 0 bridgehead atoms. The number of hydrogen-bond acceptors (Lipinski definition) is 7. The van der Waals surface area contributed by atoms with Gasteiger partial charge in [-0.05, 0) is 6.92 Å². The fourth-order valence-corrected chi connectivity index (χ4v) is 1.03. The summed E-state index contributed by atoms with van der Waals surface area (Å²) in [6.07, 6.45) is -6.94. The molecule has 0 aliphatic heterocycles. The topological polar surface area (TPSA) is 118 Å². The average molecular weight is 238 g/mol. The molecule has 0 unspecified atom stereocenters. The van der Waals surface area contributed by atoms with Crippen molar-refractivity contribution in [1.82, 2.24) is 0 Å². The maximum Gasteiger partial charge on any atom is 0.169 e. The van der Waals surface area contributed by atoms with E-state index in [-0.39, 0.29) is 0 Å². The van der Waals surface area contributed by atoms with E-state index in [2.05, 4.69) is 12.2 Å². The van der Waals surface area contributed by atoms with Gasteiger partial charge in [0.15, 0.2) is 5.78 Å². The van der Waals surface area contributed by atoms with Crippen LogP contribution in [0, 0.1) is 0 Å². The van der Waals surface area contributed by atoms with E-state index >= 15 is 0 Å². The van der Waals surface area contributed by atoms with Crippen LogP contribution in [0.3, 0.4) is 0 Å². The molecule has 5 N–H and O–H groups in total. The van der Waals surface area contributed by atoms with Gasteiger partial charge in [0, 0.05) is 0 Å². The lowest BCUT2D eigenvalue weighted by molar-refractivity contribution is -0.114. The highest BCUT2D eigenvalue weighted by Gasteiger charge is 2.33. The lowest BCUT2D eigenvalue weighted by Gasteiger charge is -2.25. The summed E-state index contributed by atoms with van der Waals surface area (Å²) in [5.74, 6) is -0.609. The predicted molar refractivity (Wildman–Crippen MR) is 54.4 cm³/mol. The van der Waals surface area contributed by atoms with Crippen molar-refractivity contribution in [2.75, 3.05) is 6.61 Å². The molecule has 0 aromatic carbocycles. The van der Waals surface area contributed by atoms with Gasteiger partial charge in [0.25, 0.3) is 0 Å². The molecule has 0 aromatic rings. The normalized spacial score (nSPS) is 19.1. The number of hydrogen-bond donors (Lipinski definition) is 5. The first kappa shape index (κ1) is 14.6. The summed E-state index contributed by atoms with van der Waals surface area (Å²) < 4.78 is 0. The van der Waals surface area contributed by atoms with Crippen LogP contribution in [0.2, 0.25) is 0 Å². The number of rotatable bonds is 6. The summed E-state index contributed by atoms with van der Waals surface area (Å²) >= 11 is 4.50. The number of carbonyl (C=O) groups is 1. The Morgan fingerprint density at radius 2 is 1.67 bits per heavy atom. The van der Waals surface area contributed by atoms with Crippen LogP contribution in [0.25, 0.3) is 0 Å². The summed E-state index contributed by atoms with van der Waals surface area (Å²) in [7, 11) is 0. The second-order valence-corrected chi connectivity index (χ2v) is 3.54. The molecular formula is C8H14O6S. The summed E-state index contributed by atoms with van der Waals surface area (Å²) in [6, 6.07) is 0. The number of Topliss-reactive ketones (excluding diaryl/α,β-unsaturated/α-hetero) is 1. The lowest BCUT2D eigenvalue weighted by atomic mass is 10.00. The van der Waals surface area contributed by atoms with Gasteiger partial charge >= 0.3 is 0 Å². The predicted octanol–water partition coefficient (Wildman–Crippen LogP) is -2.62. The molecule has 0 spiro atoms. The van der Waals surface area contributed by atoms with E-state index in [0.29, 0.717) is 0 Å². The molecule has 15 heavy (non-hydrogen) atoms. The first-order chi connectivity index (χ1) is 6.82. The smallest absolute Gasteiger partial charge is 0.169 e. The van der Waals surface area contributed by atoms with Gasteiger partial charge < -0.3 is 25.5 Å². The van der Waals surface area contributed by atoms with Crippen LogP contribution < -0.4 is 0 Å². The molecule has 6 nitrogen and oxygen atoms in total. The molecule has 0 saturated carbocycles. The quantitative estimate of drug-likeness (QED) is 0.321. The number of aliphatic hydroxyl groups is 5. The third-order valence-corrected chi connectivity index (χ3v) is 2.40. The Hall–Kier alpha value is -0.440. The van der Waals surface area contributed by atoms with E-state index in [9.17, 15) is 20.1 Å². The van der Waals surface area contributed by atoms with E-state index in [4.69, 9.17) is 10.2 Å². The van der Waals surface area contributed by atoms with Crippen molar-refractivity contribution in [3.63, 3.8) is 0 Å². The molecule has 4 atom stereocenters. The molecule has 7 heteroatoms. The molecule has 0 aromatic heterocycles. The van der Waals surface area contributed by atoms with Crippen LogP contribution >= 0.6 is 12.2 Å². The second-order valence-electron chi connectivity index (χ2n) is 3.10. The maximum atomic E-state index is 10.7. The zero-order valence-electron chi connectivity index (χ0n) is 8.07. The first-order valence-corrected chi connectivity index (χ1v) is 4.61. The molecule has 0 aliphatic carbocycles. The maximum absolute atomic E-state index is 10.7. The molecule has 0 heterocycles. The number of carbonyl (C=O) groups excluding carboxylic acids is 1. The van der Waals surface area contributed by atoms with Gasteiger partial charge in [-0.15, -0.1) is 0 Å². The van der Waals surface area contributed by atoms with Crippen molar-refractivity contribution in [2.24, 2.45) is 0 Å². The van der Waals surface area contributed by atoms with Crippen molar-refractivity contribution in [3.8, 4) is 0 Å². The highest BCUT2D eigenvalue weighted by molar-refractivity contribution is 7.82. The first-order valence-electron chi connectivity index (χ1n) is 4.20. The molecule has 0 rings (SSSR count). The Balaban J connectivity index is 4.50. The van der Waals surface area contributed by atoms with Crippen LogP contribution in [0.5, 0.6) is 0 Å². The summed E-state index contributed by atoms with van der Waals surface area (Å²) in [5.41, 5.74) is 0. The van der Waals surface area contributed by atoms with Gasteiger partial charge in [-0.25, -0.2) is 0 Å². The van der Waals surface area contributed by atoms with Crippen LogP contribution in [-0.2, 0) is 4.79 Å². The molecule has 0 saturated heterocycles. The number of ketones is 1. The lowest BCUT2D eigenvalue weighted by Crippen LogP contribution is -2.49. The zero-order chi connectivity index (χ0) is 12.2. The van der Waals surface area contributed by atoms with Crippen molar-refractivity contribution in [1.29, 1.82) is 0 Å². The average Bonchev–Trinajstić information content (AvgIpc) is 2.23. The van der Waals surface area contributed by atoms with E-state index in [1.54, 1.807) is 0 Å².